The Morgan fingerprint density at radius 3 is 3.20 bits per heavy atom. The summed E-state index contributed by atoms with van der Waals surface area (Å²) < 4.78 is 5.34. The van der Waals surface area contributed by atoms with Gasteiger partial charge in [-0.3, -0.25) is 4.90 Å². The molecule has 1 aromatic heterocycles. The van der Waals surface area contributed by atoms with E-state index in [4.69, 9.17) is 9.68 Å². The Labute approximate surface area is 90.3 Å². The van der Waals surface area contributed by atoms with Gasteiger partial charge in [0.15, 0.2) is 0 Å². The molecule has 1 atom stereocenters. The van der Waals surface area contributed by atoms with E-state index in [-0.39, 0.29) is 0 Å². The van der Waals surface area contributed by atoms with Crippen LogP contribution in [0.5, 0.6) is 0 Å². The van der Waals surface area contributed by atoms with Crippen molar-refractivity contribution in [2.75, 3.05) is 6.54 Å². The lowest BCUT2D eigenvalue weighted by Crippen LogP contribution is -2.38. The van der Waals surface area contributed by atoms with Gasteiger partial charge in [-0.05, 0) is 31.5 Å². The summed E-state index contributed by atoms with van der Waals surface area (Å²) in [5, 5.41) is 8.76. The van der Waals surface area contributed by atoms with Crippen molar-refractivity contribution in [3.8, 4) is 6.07 Å². The number of nitriles is 1. The van der Waals surface area contributed by atoms with Crippen LogP contribution in [0.15, 0.2) is 22.8 Å². The van der Waals surface area contributed by atoms with Gasteiger partial charge in [0.2, 0.25) is 0 Å². The van der Waals surface area contributed by atoms with E-state index in [1.54, 1.807) is 6.26 Å². The number of nitrogens with zero attached hydrogens (tertiary/aromatic N) is 2. The van der Waals surface area contributed by atoms with Crippen molar-refractivity contribution < 1.29 is 4.42 Å². The summed E-state index contributed by atoms with van der Waals surface area (Å²) in [5.41, 5.74) is 0. The fraction of sp³-hybridized carbons (Fsp3) is 0.583. The molecule has 1 fully saturated rings. The molecule has 0 aromatic carbocycles. The SMILES string of the molecule is N#CCC1CCCCN1Cc1ccco1. The summed E-state index contributed by atoms with van der Waals surface area (Å²) in [4.78, 5) is 2.37. The Balaban J connectivity index is 1.96. The molecule has 1 unspecified atom stereocenters. The third-order valence-corrected chi connectivity index (χ3v) is 3.02. The first-order valence-electron chi connectivity index (χ1n) is 5.53. The molecule has 3 heteroatoms. The van der Waals surface area contributed by atoms with Crippen molar-refractivity contribution in [2.24, 2.45) is 0 Å². The Kier molecular flexibility index (Phi) is 3.41. The smallest absolute Gasteiger partial charge is 0.117 e. The van der Waals surface area contributed by atoms with Gasteiger partial charge in [0.05, 0.1) is 25.3 Å². The molecule has 3 nitrogen and oxygen atoms in total. The molecule has 1 aliphatic heterocycles. The van der Waals surface area contributed by atoms with E-state index in [0.29, 0.717) is 12.5 Å². The van der Waals surface area contributed by atoms with Crippen molar-refractivity contribution in [1.29, 1.82) is 5.26 Å². The first-order valence-corrected chi connectivity index (χ1v) is 5.53. The molecule has 2 heterocycles. The van der Waals surface area contributed by atoms with Crippen molar-refractivity contribution in [3.05, 3.63) is 24.2 Å². The van der Waals surface area contributed by atoms with Gasteiger partial charge in [0, 0.05) is 6.04 Å². The maximum Gasteiger partial charge on any atom is 0.117 e. The number of hydrogen-bond acceptors (Lipinski definition) is 3. The monoisotopic (exact) mass is 204 g/mol. The normalized spacial score (nSPS) is 22.5. The van der Waals surface area contributed by atoms with Gasteiger partial charge < -0.3 is 4.42 Å². The van der Waals surface area contributed by atoms with Crippen LogP contribution in [-0.4, -0.2) is 17.5 Å². The fourth-order valence-electron chi connectivity index (χ4n) is 2.21. The zero-order valence-corrected chi connectivity index (χ0v) is 8.85. The standard InChI is InChI=1S/C12H16N2O/c13-7-6-11-4-1-2-8-14(11)10-12-5-3-9-15-12/h3,5,9,11H,1-2,4,6,8,10H2. The van der Waals surface area contributed by atoms with E-state index >= 15 is 0 Å². The highest BCUT2D eigenvalue weighted by Gasteiger charge is 2.22. The average Bonchev–Trinajstić information content (AvgIpc) is 2.74. The summed E-state index contributed by atoms with van der Waals surface area (Å²) in [5.74, 6) is 1.000. The molecule has 1 aromatic rings. The first-order chi connectivity index (χ1) is 7.40. The molecule has 80 valence electrons. The molecule has 0 amide bonds. The van der Waals surface area contributed by atoms with Gasteiger partial charge in [0.25, 0.3) is 0 Å². The maximum absolute atomic E-state index is 8.76. The lowest BCUT2D eigenvalue weighted by atomic mass is 10.00. The van der Waals surface area contributed by atoms with Crippen LogP contribution in [0.1, 0.15) is 31.4 Å². The van der Waals surface area contributed by atoms with Crippen LogP contribution < -0.4 is 0 Å². The molecule has 15 heavy (non-hydrogen) atoms. The highest BCUT2D eigenvalue weighted by Crippen LogP contribution is 2.21. The van der Waals surface area contributed by atoms with E-state index in [2.05, 4.69) is 11.0 Å². The van der Waals surface area contributed by atoms with Crippen LogP contribution in [0.25, 0.3) is 0 Å². The highest BCUT2D eigenvalue weighted by atomic mass is 16.3. The summed E-state index contributed by atoms with van der Waals surface area (Å²) in [6.45, 7) is 1.94. The Morgan fingerprint density at radius 2 is 2.47 bits per heavy atom. The van der Waals surface area contributed by atoms with Crippen LogP contribution in [0, 0.1) is 11.3 Å². The van der Waals surface area contributed by atoms with Gasteiger partial charge in [-0.25, -0.2) is 0 Å². The van der Waals surface area contributed by atoms with Crippen molar-refractivity contribution in [1.82, 2.24) is 4.90 Å². The molecule has 0 spiro atoms. The minimum Gasteiger partial charge on any atom is -0.468 e. The molecular formula is C12H16N2O. The van der Waals surface area contributed by atoms with Gasteiger partial charge >= 0.3 is 0 Å². The molecule has 0 saturated carbocycles. The Hall–Kier alpha value is -1.27. The van der Waals surface area contributed by atoms with E-state index < -0.39 is 0 Å². The quantitative estimate of drug-likeness (QED) is 0.759. The van der Waals surface area contributed by atoms with Crippen LogP contribution >= 0.6 is 0 Å². The van der Waals surface area contributed by atoms with Crippen LogP contribution in [0.3, 0.4) is 0 Å². The third kappa shape index (κ3) is 2.60. The lowest BCUT2D eigenvalue weighted by molar-refractivity contribution is 0.132. The van der Waals surface area contributed by atoms with Gasteiger partial charge in [0.1, 0.15) is 5.76 Å². The number of likely N-dealkylation sites (tertiary alicyclic amines) is 1. The average molecular weight is 204 g/mol. The largest absolute Gasteiger partial charge is 0.468 e. The minimum absolute atomic E-state index is 0.425. The van der Waals surface area contributed by atoms with Gasteiger partial charge in [-0.1, -0.05) is 6.42 Å². The van der Waals surface area contributed by atoms with Crippen LogP contribution in [0.2, 0.25) is 0 Å². The predicted molar refractivity (Wildman–Crippen MR) is 57.0 cm³/mol. The summed E-state index contributed by atoms with van der Waals surface area (Å²) in [6, 6.07) is 6.61. The molecule has 1 saturated heterocycles. The topological polar surface area (TPSA) is 40.2 Å². The first kappa shape index (κ1) is 10.3. The van der Waals surface area contributed by atoms with Gasteiger partial charge in [-0.2, -0.15) is 5.26 Å². The van der Waals surface area contributed by atoms with E-state index in [9.17, 15) is 0 Å². The molecule has 0 N–H and O–H groups in total. The number of piperidine rings is 1. The number of rotatable bonds is 3. The van der Waals surface area contributed by atoms with Crippen molar-refractivity contribution in [2.45, 2.75) is 38.3 Å². The lowest BCUT2D eigenvalue weighted by Gasteiger charge is -2.33. The van der Waals surface area contributed by atoms with E-state index in [0.717, 1.165) is 25.3 Å². The maximum atomic E-state index is 8.76. The molecule has 0 bridgehead atoms. The third-order valence-electron chi connectivity index (χ3n) is 3.02. The summed E-state index contributed by atoms with van der Waals surface area (Å²) in [7, 11) is 0. The summed E-state index contributed by atoms with van der Waals surface area (Å²) >= 11 is 0. The van der Waals surface area contributed by atoms with Crippen molar-refractivity contribution in [3.63, 3.8) is 0 Å². The Bertz CT molecular complexity index is 326. The van der Waals surface area contributed by atoms with Crippen molar-refractivity contribution >= 4 is 0 Å². The molecular weight excluding hydrogens is 188 g/mol. The molecule has 0 aliphatic carbocycles. The number of hydrogen-bond donors (Lipinski definition) is 0. The van der Waals surface area contributed by atoms with Crippen LogP contribution in [0.4, 0.5) is 0 Å². The van der Waals surface area contributed by atoms with Gasteiger partial charge in [-0.15, -0.1) is 0 Å². The van der Waals surface area contributed by atoms with E-state index in [1.165, 1.54) is 12.8 Å². The second kappa shape index (κ2) is 4.99. The van der Waals surface area contributed by atoms with E-state index in [1.807, 2.05) is 12.1 Å². The molecule has 1 aliphatic rings. The predicted octanol–water partition coefficient (Wildman–Crippen LogP) is 2.55. The fourth-order valence-corrected chi connectivity index (χ4v) is 2.21. The molecule has 2 rings (SSSR count). The zero-order valence-electron chi connectivity index (χ0n) is 8.85. The zero-order chi connectivity index (χ0) is 10.5. The molecule has 0 radical (unpaired) electrons. The Morgan fingerprint density at radius 1 is 1.53 bits per heavy atom. The minimum atomic E-state index is 0.425. The number of furan rings is 1. The summed E-state index contributed by atoms with van der Waals surface area (Å²) in [6.07, 6.45) is 5.98. The van der Waals surface area contributed by atoms with Crippen LogP contribution in [-0.2, 0) is 6.54 Å². The highest BCUT2D eigenvalue weighted by molar-refractivity contribution is 4.99. The second-order valence-electron chi connectivity index (χ2n) is 4.06. The second-order valence-corrected chi connectivity index (χ2v) is 4.06.